The van der Waals surface area contributed by atoms with Crippen LogP contribution in [-0.4, -0.2) is 50.8 Å². The Morgan fingerprint density at radius 1 is 0.872 bits per heavy atom. The molecule has 8 nitrogen and oxygen atoms in total. The summed E-state index contributed by atoms with van der Waals surface area (Å²) in [6.07, 6.45) is -4.07. The minimum Gasteiger partial charge on any atom is -0.379 e. The van der Waals surface area contributed by atoms with Crippen LogP contribution in [0, 0.1) is 0 Å². The van der Waals surface area contributed by atoms with Crippen molar-refractivity contribution in [3.8, 4) is 0 Å². The maximum absolute atomic E-state index is 12.9. The summed E-state index contributed by atoms with van der Waals surface area (Å²) in [6, 6.07) is 16.7. The number of amides is 2. The number of halogens is 3. The van der Waals surface area contributed by atoms with E-state index in [9.17, 15) is 31.2 Å². The number of rotatable bonds is 8. The number of alkyl halides is 3. The van der Waals surface area contributed by atoms with Crippen LogP contribution in [0.1, 0.15) is 27.9 Å². The highest BCUT2D eigenvalue weighted by atomic mass is 32.2. The van der Waals surface area contributed by atoms with E-state index in [2.05, 4.69) is 10.6 Å². The lowest BCUT2D eigenvalue weighted by Crippen LogP contribution is -2.40. The number of carbonyl (C=O) groups is 2. The smallest absolute Gasteiger partial charge is 0.379 e. The lowest BCUT2D eigenvalue weighted by atomic mass is 10.1. The SMILES string of the molecule is O=C(CCc1ccc(S(=O)(=O)N2CCOCC2)cc1)Nc1cccc(C(=O)Nc2cccc(C(F)(F)F)c2)c1. The Labute approximate surface area is 223 Å². The molecule has 3 aromatic rings. The van der Waals surface area contributed by atoms with Gasteiger partial charge in [0.1, 0.15) is 0 Å². The summed E-state index contributed by atoms with van der Waals surface area (Å²) in [6.45, 7) is 1.32. The molecule has 0 unspecified atom stereocenters. The van der Waals surface area contributed by atoms with E-state index >= 15 is 0 Å². The minimum absolute atomic E-state index is 0.00646. The van der Waals surface area contributed by atoms with Gasteiger partial charge in [-0.3, -0.25) is 9.59 Å². The minimum atomic E-state index is -4.53. The molecule has 1 heterocycles. The average molecular weight is 562 g/mol. The second-order valence-corrected chi connectivity index (χ2v) is 10.8. The van der Waals surface area contributed by atoms with Crippen molar-refractivity contribution in [1.82, 2.24) is 4.31 Å². The van der Waals surface area contributed by atoms with Gasteiger partial charge in [0.25, 0.3) is 5.91 Å². The van der Waals surface area contributed by atoms with Crippen molar-refractivity contribution in [3.63, 3.8) is 0 Å². The first-order chi connectivity index (χ1) is 18.5. The number of aryl methyl sites for hydroxylation is 1. The number of nitrogens with zero attached hydrogens (tertiary/aromatic N) is 1. The second-order valence-electron chi connectivity index (χ2n) is 8.82. The summed E-state index contributed by atoms with van der Waals surface area (Å²) in [5.74, 6) is -0.951. The maximum atomic E-state index is 12.9. The fraction of sp³-hybridized carbons (Fsp3) is 0.259. The van der Waals surface area contributed by atoms with Crippen LogP contribution >= 0.6 is 0 Å². The Morgan fingerprint density at radius 2 is 1.51 bits per heavy atom. The number of nitrogens with one attached hydrogen (secondary N) is 2. The summed E-state index contributed by atoms with van der Waals surface area (Å²) in [5, 5.41) is 5.13. The molecule has 3 aromatic carbocycles. The summed E-state index contributed by atoms with van der Waals surface area (Å²) in [7, 11) is -3.60. The van der Waals surface area contributed by atoms with Crippen molar-refractivity contribution in [3.05, 3.63) is 89.5 Å². The van der Waals surface area contributed by atoms with Crippen molar-refractivity contribution in [2.75, 3.05) is 36.9 Å². The number of carbonyl (C=O) groups excluding carboxylic acids is 2. The van der Waals surface area contributed by atoms with Crippen LogP contribution in [0.15, 0.2) is 77.7 Å². The molecule has 2 N–H and O–H groups in total. The first-order valence-electron chi connectivity index (χ1n) is 12.1. The van der Waals surface area contributed by atoms with Gasteiger partial charge in [-0.25, -0.2) is 8.42 Å². The fourth-order valence-corrected chi connectivity index (χ4v) is 5.37. The fourth-order valence-electron chi connectivity index (χ4n) is 3.96. The number of hydrogen-bond donors (Lipinski definition) is 2. The third-order valence-corrected chi connectivity index (χ3v) is 7.94. The summed E-state index contributed by atoms with van der Waals surface area (Å²) in [5.41, 5.74) is 0.397. The highest BCUT2D eigenvalue weighted by Crippen LogP contribution is 2.30. The van der Waals surface area contributed by atoms with E-state index in [1.54, 1.807) is 24.3 Å². The van der Waals surface area contributed by atoms with Crippen molar-refractivity contribution >= 4 is 33.2 Å². The predicted molar refractivity (Wildman–Crippen MR) is 139 cm³/mol. The van der Waals surface area contributed by atoms with Crippen LogP contribution in [0.4, 0.5) is 24.5 Å². The second kappa shape index (κ2) is 12.0. The van der Waals surface area contributed by atoms with Gasteiger partial charge in [-0.15, -0.1) is 0 Å². The highest BCUT2D eigenvalue weighted by Gasteiger charge is 2.30. The van der Waals surface area contributed by atoms with Gasteiger partial charge in [-0.1, -0.05) is 24.3 Å². The van der Waals surface area contributed by atoms with Crippen molar-refractivity contribution < 1.29 is 35.9 Å². The molecule has 1 aliphatic rings. The van der Waals surface area contributed by atoms with Gasteiger partial charge < -0.3 is 15.4 Å². The molecule has 1 fully saturated rings. The number of ether oxygens (including phenoxy) is 1. The highest BCUT2D eigenvalue weighted by molar-refractivity contribution is 7.89. The van der Waals surface area contributed by atoms with Crippen LogP contribution in [0.2, 0.25) is 0 Å². The third kappa shape index (κ3) is 7.43. The topological polar surface area (TPSA) is 105 Å². The number of sulfonamides is 1. The lowest BCUT2D eigenvalue weighted by Gasteiger charge is -2.26. The molecular formula is C27H26F3N3O5S. The zero-order valence-corrected chi connectivity index (χ0v) is 21.5. The molecule has 206 valence electrons. The van der Waals surface area contributed by atoms with Crippen LogP contribution in [0.3, 0.4) is 0 Å². The zero-order valence-electron chi connectivity index (χ0n) is 20.7. The van der Waals surface area contributed by atoms with Crippen molar-refractivity contribution in [2.45, 2.75) is 23.9 Å². The summed E-state index contributed by atoms with van der Waals surface area (Å²) in [4.78, 5) is 25.2. The molecule has 0 atom stereocenters. The molecule has 0 bridgehead atoms. The quantitative estimate of drug-likeness (QED) is 0.420. The molecule has 4 rings (SSSR count). The molecule has 1 aliphatic heterocycles. The summed E-state index contributed by atoms with van der Waals surface area (Å²) < 4.78 is 70.8. The molecule has 1 saturated heterocycles. The lowest BCUT2D eigenvalue weighted by molar-refractivity contribution is -0.137. The van der Waals surface area contributed by atoms with Gasteiger partial charge in [0.05, 0.1) is 23.7 Å². The maximum Gasteiger partial charge on any atom is 0.416 e. The van der Waals surface area contributed by atoms with Crippen molar-refractivity contribution in [1.29, 1.82) is 0 Å². The molecule has 0 aliphatic carbocycles. The molecule has 39 heavy (non-hydrogen) atoms. The third-order valence-electron chi connectivity index (χ3n) is 6.03. The Kier molecular flexibility index (Phi) is 8.68. The molecule has 0 aromatic heterocycles. The first-order valence-corrected chi connectivity index (χ1v) is 13.5. The van der Waals surface area contributed by atoms with Crippen LogP contribution in [0.25, 0.3) is 0 Å². The van der Waals surface area contributed by atoms with Gasteiger partial charge in [-0.05, 0) is 60.5 Å². The Balaban J connectivity index is 1.32. The van der Waals surface area contributed by atoms with E-state index in [4.69, 9.17) is 4.74 Å². The van der Waals surface area contributed by atoms with Crippen LogP contribution in [0.5, 0.6) is 0 Å². The molecule has 2 amide bonds. The number of benzene rings is 3. The van der Waals surface area contributed by atoms with E-state index in [0.717, 1.165) is 17.7 Å². The molecule has 0 saturated carbocycles. The van der Waals surface area contributed by atoms with E-state index in [0.29, 0.717) is 38.4 Å². The normalized spacial score (nSPS) is 14.5. The summed E-state index contributed by atoms with van der Waals surface area (Å²) >= 11 is 0. The van der Waals surface area contributed by atoms with E-state index in [1.807, 2.05) is 0 Å². The largest absolute Gasteiger partial charge is 0.416 e. The molecule has 12 heteroatoms. The van der Waals surface area contributed by atoms with Gasteiger partial charge in [0, 0.05) is 36.4 Å². The molecule has 0 spiro atoms. The van der Waals surface area contributed by atoms with Crippen molar-refractivity contribution in [2.24, 2.45) is 0 Å². The Hall–Kier alpha value is -3.74. The number of hydrogen-bond acceptors (Lipinski definition) is 5. The standard InChI is InChI=1S/C27H26F3N3O5S/c28-27(29,30)21-4-2-6-23(18-21)32-26(35)20-3-1-5-22(17-20)31-25(34)12-9-19-7-10-24(11-8-19)39(36,37)33-13-15-38-16-14-33/h1-8,10-11,17-18H,9,12-16H2,(H,31,34)(H,32,35). The van der Waals surface area contributed by atoms with Gasteiger partial charge in [-0.2, -0.15) is 17.5 Å². The molecular weight excluding hydrogens is 535 g/mol. The Morgan fingerprint density at radius 3 is 2.18 bits per heavy atom. The van der Waals surface area contributed by atoms with Crippen LogP contribution in [-0.2, 0) is 32.2 Å². The van der Waals surface area contributed by atoms with E-state index in [-0.39, 0.29) is 28.5 Å². The van der Waals surface area contributed by atoms with Crippen LogP contribution < -0.4 is 10.6 Å². The number of anilines is 2. The Bertz CT molecular complexity index is 1440. The monoisotopic (exact) mass is 561 g/mol. The van der Waals surface area contributed by atoms with E-state index < -0.39 is 27.7 Å². The first kappa shape index (κ1) is 28.3. The average Bonchev–Trinajstić information content (AvgIpc) is 2.92. The predicted octanol–water partition coefficient (Wildman–Crippen LogP) is 4.55. The van der Waals surface area contributed by atoms with Gasteiger partial charge >= 0.3 is 6.18 Å². The van der Waals surface area contributed by atoms with E-state index in [1.165, 1.54) is 40.7 Å². The number of morpholine rings is 1. The van der Waals surface area contributed by atoms with Gasteiger partial charge in [0.15, 0.2) is 0 Å². The van der Waals surface area contributed by atoms with Gasteiger partial charge in [0.2, 0.25) is 15.9 Å². The zero-order chi connectivity index (χ0) is 28.0. The molecule has 0 radical (unpaired) electrons.